The lowest BCUT2D eigenvalue weighted by Crippen LogP contribution is -1.80. The third-order valence-electron chi connectivity index (χ3n) is 5.53. The largest absolute Gasteiger partial charge is 0.117 e. The summed E-state index contributed by atoms with van der Waals surface area (Å²) in [7, 11) is 0. The SMILES string of the molecule is CCCCSC1=C(SCCCC)SC(=C2SC=C(C3=CSC(=C4SC(SCCCC)=C(SCCCC)S4)S3)S2)S1. The summed E-state index contributed by atoms with van der Waals surface area (Å²) in [6.07, 6.45) is 10.3. The van der Waals surface area contributed by atoms with E-state index in [0.29, 0.717) is 0 Å². The van der Waals surface area contributed by atoms with Gasteiger partial charge < -0.3 is 0 Å². The van der Waals surface area contributed by atoms with Crippen LogP contribution in [0.15, 0.2) is 54.5 Å². The molecule has 0 aromatic heterocycles. The van der Waals surface area contributed by atoms with Crippen molar-refractivity contribution in [1.29, 1.82) is 0 Å². The van der Waals surface area contributed by atoms with Crippen LogP contribution in [0, 0.1) is 0 Å². The van der Waals surface area contributed by atoms with E-state index in [0.717, 1.165) is 0 Å². The highest BCUT2D eigenvalue weighted by Gasteiger charge is 2.31. The maximum absolute atomic E-state index is 2.40. The Morgan fingerprint density at radius 1 is 0.425 bits per heavy atom. The molecular formula is C28H38S12. The number of rotatable bonds is 17. The fourth-order valence-corrected chi connectivity index (χ4v) is 20.9. The van der Waals surface area contributed by atoms with E-state index in [9.17, 15) is 0 Å². The van der Waals surface area contributed by atoms with Crippen molar-refractivity contribution >= 4 is 141 Å². The molecule has 0 N–H and O–H groups in total. The van der Waals surface area contributed by atoms with E-state index in [-0.39, 0.29) is 0 Å². The lowest BCUT2D eigenvalue weighted by atomic mass is 10.4. The maximum Gasteiger partial charge on any atom is 0.0717 e. The molecule has 4 rings (SSSR count). The second kappa shape index (κ2) is 20.0. The minimum atomic E-state index is 1.24. The van der Waals surface area contributed by atoms with Gasteiger partial charge in [0.25, 0.3) is 0 Å². The second-order valence-electron chi connectivity index (χ2n) is 8.92. The summed E-state index contributed by atoms with van der Waals surface area (Å²) in [4.78, 5) is 2.87. The van der Waals surface area contributed by atoms with Crippen molar-refractivity contribution in [2.45, 2.75) is 79.1 Å². The summed E-state index contributed by atoms with van der Waals surface area (Å²) >= 11 is 24.4. The lowest BCUT2D eigenvalue weighted by molar-refractivity contribution is 0.897. The van der Waals surface area contributed by atoms with Crippen LogP contribution in [-0.2, 0) is 0 Å². The first kappa shape index (κ1) is 35.5. The molecule has 0 fully saturated rings. The topological polar surface area (TPSA) is 0 Å². The Balaban J connectivity index is 1.35. The molecule has 0 saturated carbocycles. The van der Waals surface area contributed by atoms with Crippen molar-refractivity contribution < 1.29 is 0 Å². The quantitative estimate of drug-likeness (QED) is 0.130. The van der Waals surface area contributed by atoms with Gasteiger partial charge in [0.1, 0.15) is 0 Å². The highest BCUT2D eigenvalue weighted by atomic mass is 32.3. The van der Waals surface area contributed by atoms with E-state index in [1.165, 1.54) is 101 Å². The number of hydrogen-bond acceptors (Lipinski definition) is 12. The smallest absolute Gasteiger partial charge is 0.0717 e. The zero-order valence-electron chi connectivity index (χ0n) is 23.5. The van der Waals surface area contributed by atoms with Gasteiger partial charge >= 0.3 is 0 Å². The molecule has 0 aliphatic carbocycles. The van der Waals surface area contributed by atoms with Gasteiger partial charge in [-0.1, -0.05) is 147 Å². The fourth-order valence-electron chi connectivity index (χ4n) is 3.21. The first-order chi connectivity index (χ1) is 19.7. The normalized spacial score (nSPS) is 19.7. The molecule has 222 valence electrons. The summed E-state index contributed by atoms with van der Waals surface area (Å²) in [5.41, 5.74) is 0. The fraction of sp³-hybridized carbons (Fsp3) is 0.571. The summed E-state index contributed by atoms with van der Waals surface area (Å²) in [5.74, 6) is 4.96. The van der Waals surface area contributed by atoms with Gasteiger partial charge in [0.05, 0.1) is 33.9 Å². The Morgan fingerprint density at radius 2 is 0.725 bits per heavy atom. The molecule has 4 aliphatic heterocycles. The minimum absolute atomic E-state index is 1.24. The Bertz CT molecular complexity index is 933. The summed E-state index contributed by atoms with van der Waals surface area (Å²) in [6.45, 7) is 9.17. The molecule has 0 aromatic rings. The molecular weight excluding hydrogens is 721 g/mol. The van der Waals surface area contributed by atoms with E-state index in [2.05, 4.69) is 85.6 Å². The standard InChI is InChI=1S/C28H38S12/c1-5-9-13-29-21-22(30-14-10-6-2)38-27(37-21)25-33-17-19(35-25)20-18-34-26(36-20)28-39-23(31-15-11-7-3)24(40-28)32-16-12-8-4/h17-18H,5-16H2,1-4H3. The third kappa shape index (κ3) is 10.9. The van der Waals surface area contributed by atoms with Crippen LogP contribution in [0.4, 0.5) is 0 Å². The van der Waals surface area contributed by atoms with Crippen LogP contribution in [0.5, 0.6) is 0 Å². The highest BCUT2D eigenvalue weighted by Crippen LogP contribution is 2.66. The van der Waals surface area contributed by atoms with Gasteiger partial charge in [-0.05, 0) is 59.5 Å². The molecule has 0 radical (unpaired) electrons. The zero-order chi connectivity index (χ0) is 28.2. The summed E-state index contributed by atoms with van der Waals surface area (Å²) in [6, 6.07) is 0. The van der Waals surface area contributed by atoms with Crippen molar-refractivity contribution in [3.8, 4) is 0 Å². The predicted molar refractivity (Wildman–Crippen MR) is 214 cm³/mol. The number of unbranched alkanes of at least 4 members (excludes halogenated alkanes) is 4. The van der Waals surface area contributed by atoms with Crippen molar-refractivity contribution in [3.63, 3.8) is 0 Å². The van der Waals surface area contributed by atoms with Gasteiger partial charge in [-0.2, -0.15) is 0 Å². The highest BCUT2D eigenvalue weighted by molar-refractivity contribution is 8.43. The molecule has 0 atom stereocenters. The minimum Gasteiger partial charge on any atom is -0.117 e. The summed E-state index contributed by atoms with van der Waals surface area (Å²) < 4.78 is 12.2. The van der Waals surface area contributed by atoms with Crippen molar-refractivity contribution in [2.75, 3.05) is 23.0 Å². The molecule has 0 unspecified atom stereocenters. The van der Waals surface area contributed by atoms with E-state index in [1.807, 2.05) is 94.1 Å². The van der Waals surface area contributed by atoms with Crippen LogP contribution in [0.1, 0.15) is 79.1 Å². The molecule has 0 bridgehead atoms. The van der Waals surface area contributed by atoms with Gasteiger partial charge in [0, 0.05) is 9.81 Å². The molecule has 40 heavy (non-hydrogen) atoms. The van der Waals surface area contributed by atoms with Gasteiger partial charge in [0.15, 0.2) is 0 Å². The van der Waals surface area contributed by atoms with Crippen LogP contribution in [0.2, 0.25) is 0 Å². The Morgan fingerprint density at radius 3 is 1.00 bits per heavy atom. The van der Waals surface area contributed by atoms with Gasteiger partial charge in [0.2, 0.25) is 0 Å². The molecule has 4 heterocycles. The lowest BCUT2D eigenvalue weighted by Gasteiger charge is -2.05. The Kier molecular flexibility index (Phi) is 17.7. The molecule has 0 aromatic carbocycles. The molecule has 0 amide bonds. The molecule has 0 nitrogen and oxygen atoms in total. The van der Waals surface area contributed by atoms with E-state index in [1.54, 1.807) is 16.9 Å². The third-order valence-corrected chi connectivity index (χ3v) is 22.9. The average Bonchev–Trinajstić information content (AvgIpc) is 3.76. The number of thioether (sulfide) groups is 12. The van der Waals surface area contributed by atoms with Crippen LogP contribution in [0.3, 0.4) is 0 Å². The van der Waals surface area contributed by atoms with Gasteiger partial charge in [-0.15, -0.1) is 47.0 Å². The van der Waals surface area contributed by atoms with Gasteiger partial charge in [-0.3, -0.25) is 0 Å². The van der Waals surface area contributed by atoms with E-state index < -0.39 is 0 Å². The van der Waals surface area contributed by atoms with E-state index >= 15 is 0 Å². The number of hydrogen-bond donors (Lipinski definition) is 0. The predicted octanol–water partition coefficient (Wildman–Crippen LogP) is 15.2. The molecule has 0 saturated heterocycles. The zero-order valence-corrected chi connectivity index (χ0v) is 33.3. The first-order valence-electron chi connectivity index (χ1n) is 14.0. The van der Waals surface area contributed by atoms with Crippen molar-refractivity contribution in [3.05, 3.63) is 54.5 Å². The monoisotopic (exact) mass is 758 g/mol. The molecule has 12 heteroatoms. The first-order valence-corrected chi connectivity index (χ1v) is 24.6. The maximum atomic E-state index is 2.40. The van der Waals surface area contributed by atoms with Gasteiger partial charge in [-0.25, -0.2) is 0 Å². The van der Waals surface area contributed by atoms with Crippen molar-refractivity contribution in [1.82, 2.24) is 0 Å². The van der Waals surface area contributed by atoms with Crippen molar-refractivity contribution in [2.24, 2.45) is 0 Å². The molecule has 4 aliphatic rings. The van der Waals surface area contributed by atoms with Crippen LogP contribution in [0.25, 0.3) is 0 Å². The Labute approximate surface area is 294 Å². The van der Waals surface area contributed by atoms with Crippen LogP contribution >= 0.6 is 141 Å². The van der Waals surface area contributed by atoms with Crippen LogP contribution < -0.4 is 0 Å². The Hall–Kier alpha value is 2.64. The summed E-state index contributed by atoms with van der Waals surface area (Å²) in [5, 5.41) is 4.80. The average molecular weight is 759 g/mol. The molecule has 0 spiro atoms. The van der Waals surface area contributed by atoms with E-state index in [4.69, 9.17) is 0 Å². The second-order valence-corrected chi connectivity index (χ2v) is 23.4. The van der Waals surface area contributed by atoms with Crippen LogP contribution in [-0.4, -0.2) is 23.0 Å².